The van der Waals surface area contributed by atoms with Crippen LogP contribution in [0.4, 0.5) is 0 Å². The molecule has 2 aromatic heterocycles. The number of likely N-dealkylation sites (tertiary alicyclic amines) is 1. The standard InChI is InChI=1S/C24H30N4O2S/c1-16-18(3)31-23-22(16)24(30)28(15-25-23)14-11-21(29)26-20-9-12-27(13-10-20)17(2)19-7-5-4-6-8-19/h4-8,15,17,20H,9-14H2,1-3H3,(H,26,29). The largest absolute Gasteiger partial charge is 0.353 e. The number of aryl methyl sites for hydroxylation is 3. The van der Waals surface area contributed by atoms with Gasteiger partial charge >= 0.3 is 0 Å². The van der Waals surface area contributed by atoms with Gasteiger partial charge in [0.25, 0.3) is 5.56 Å². The van der Waals surface area contributed by atoms with Gasteiger partial charge in [0, 0.05) is 43.0 Å². The van der Waals surface area contributed by atoms with E-state index in [1.807, 2.05) is 19.9 Å². The first-order chi connectivity index (χ1) is 14.9. The predicted molar refractivity (Wildman–Crippen MR) is 126 cm³/mol. The lowest BCUT2D eigenvalue weighted by atomic mass is 10.00. The average molecular weight is 439 g/mol. The van der Waals surface area contributed by atoms with Crippen molar-refractivity contribution in [1.29, 1.82) is 0 Å². The van der Waals surface area contributed by atoms with Crippen LogP contribution in [0.25, 0.3) is 10.2 Å². The summed E-state index contributed by atoms with van der Waals surface area (Å²) >= 11 is 1.54. The van der Waals surface area contributed by atoms with E-state index >= 15 is 0 Å². The van der Waals surface area contributed by atoms with Crippen molar-refractivity contribution in [2.45, 2.75) is 58.7 Å². The number of hydrogen-bond acceptors (Lipinski definition) is 5. The van der Waals surface area contributed by atoms with E-state index in [1.54, 1.807) is 22.2 Å². The molecule has 1 aliphatic rings. The minimum absolute atomic E-state index is 0.000208. The van der Waals surface area contributed by atoms with E-state index in [0.29, 0.717) is 18.0 Å². The first-order valence-electron chi connectivity index (χ1n) is 11.0. The number of thiophene rings is 1. The summed E-state index contributed by atoms with van der Waals surface area (Å²) in [5, 5.41) is 3.85. The molecule has 3 heterocycles. The first kappa shape index (κ1) is 21.7. The van der Waals surface area contributed by atoms with Crippen molar-refractivity contribution in [3.63, 3.8) is 0 Å². The summed E-state index contributed by atoms with van der Waals surface area (Å²) in [6, 6.07) is 11.1. The van der Waals surface area contributed by atoms with Crippen LogP contribution in [-0.2, 0) is 11.3 Å². The van der Waals surface area contributed by atoms with Crippen LogP contribution in [0.2, 0.25) is 0 Å². The fraction of sp³-hybridized carbons (Fsp3) is 0.458. The smallest absolute Gasteiger partial charge is 0.262 e. The number of carbonyl (C=O) groups is 1. The van der Waals surface area contributed by atoms with Crippen LogP contribution in [0.15, 0.2) is 41.5 Å². The van der Waals surface area contributed by atoms with Gasteiger partial charge in [0.05, 0.1) is 11.7 Å². The molecule has 0 bridgehead atoms. The number of piperidine rings is 1. The summed E-state index contributed by atoms with van der Waals surface area (Å²) in [6.07, 6.45) is 3.75. The number of hydrogen-bond donors (Lipinski definition) is 1. The third kappa shape index (κ3) is 4.72. The van der Waals surface area contributed by atoms with Crippen molar-refractivity contribution < 1.29 is 4.79 Å². The lowest BCUT2D eigenvalue weighted by Crippen LogP contribution is -2.45. The minimum Gasteiger partial charge on any atom is -0.353 e. The van der Waals surface area contributed by atoms with Crippen LogP contribution in [0.3, 0.4) is 0 Å². The topological polar surface area (TPSA) is 67.2 Å². The zero-order chi connectivity index (χ0) is 22.0. The maximum atomic E-state index is 12.8. The molecule has 0 spiro atoms. The highest BCUT2D eigenvalue weighted by atomic mass is 32.1. The number of fused-ring (bicyclic) bond motifs is 1. The normalized spacial score (nSPS) is 16.5. The Balaban J connectivity index is 1.28. The van der Waals surface area contributed by atoms with E-state index in [0.717, 1.165) is 41.2 Å². The van der Waals surface area contributed by atoms with E-state index in [1.165, 1.54) is 5.56 Å². The van der Waals surface area contributed by atoms with Gasteiger partial charge in [-0.25, -0.2) is 4.98 Å². The summed E-state index contributed by atoms with van der Waals surface area (Å²) in [6.45, 7) is 8.50. The van der Waals surface area contributed by atoms with Crippen molar-refractivity contribution >= 4 is 27.5 Å². The Kier molecular flexibility index (Phi) is 6.53. The Morgan fingerprint density at radius 3 is 2.65 bits per heavy atom. The van der Waals surface area contributed by atoms with Crippen molar-refractivity contribution in [2.24, 2.45) is 0 Å². The molecular weight excluding hydrogens is 408 g/mol. The zero-order valence-corrected chi connectivity index (χ0v) is 19.2. The van der Waals surface area contributed by atoms with Gasteiger partial charge < -0.3 is 5.32 Å². The van der Waals surface area contributed by atoms with Crippen LogP contribution >= 0.6 is 11.3 Å². The van der Waals surface area contributed by atoms with E-state index in [2.05, 4.69) is 46.4 Å². The highest BCUT2D eigenvalue weighted by Gasteiger charge is 2.24. The van der Waals surface area contributed by atoms with Crippen molar-refractivity contribution in [3.05, 3.63) is 63.0 Å². The number of aromatic nitrogens is 2. The second-order valence-corrected chi connectivity index (χ2v) is 9.62. The van der Waals surface area contributed by atoms with E-state index in [-0.39, 0.29) is 23.9 Å². The highest BCUT2D eigenvalue weighted by Crippen LogP contribution is 2.26. The fourth-order valence-corrected chi connectivity index (χ4v) is 5.31. The maximum absolute atomic E-state index is 12.8. The number of amides is 1. The third-order valence-corrected chi connectivity index (χ3v) is 7.58. The van der Waals surface area contributed by atoms with Gasteiger partial charge in [-0.15, -0.1) is 11.3 Å². The molecule has 1 aliphatic heterocycles. The van der Waals surface area contributed by atoms with Gasteiger partial charge in [-0.1, -0.05) is 30.3 Å². The second kappa shape index (κ2) is 9.32. The number of benzene rings is 1. The van der Waals surface area contributed by atoms with E-state index < -0.39 is 0 Å². The number of rotatable bonds is 6. The molecular formula is C24H30N4O2S. The van der Waals surface area contributed by atoms with Gasteiger partial charge in [-0.3, -0.25) is 19.1 Å². The van der Waals surface area contributed by atoms with Crippen LogP contribution in [-0.4, -0.2) is 39.5 Å². The fourth-order valence-electron chi connectivity index (χ4n) is 4.32. The zero-order valence-electron chi connectivity index (χ0n) is 18.4. The molecule has 1 fully saturated rings. The van der Waals surface area contributed by atoms with Gasteiger partial charge in [0.2, 0.25) is 5.91 Å². The second-order valence-electron chi connectivity index (χ2n) is 8.42. The van der Waals surface area contributed by atoms with Crippen molar-refractivity contribution in [1.82, 2.24) is 19.8 Å². The Morgan fingerprint density at radius 2 is 1.94 bits per heavy atom. The Hall–Kier alpha value is -2.51. The van der Waals surface area contributed by atoms with Crippen LogP contribution < -0.4 is 10.9 Å². The monoisotopic (exact) mass is 438 g/mol. The Bertz CT molecular complexity index is 1110. The summed E-state index contributed by atoms with van der Waals surface area (Å²) in [5.41, 5.74) is 2.27. The first-order valence-corrected chi connectivity index (χ1v) is 11.8. The predicted octanol–water partition coefficient (Wildman–Crippen LogP) is 3.81. The molecule has 0 saturated carbocycles. The van der Waals surface area contributed by atoms with E-state index in [9.17, 15) is 9.59 Å². The quantitative estimate of drug-likeness (QED) is 0.636. The molecule has 1 unspecified atom stereocenters. The molecule has 0 radical (unpaired) electrons. The molecule has 31 heavy (non-hydrogen) atoms. The maximum Gasteiger partial charge on any atom is 0.262 e. The summed E-state index contributed by atoms with van der Waals surface area (Å²) < 4.78 is 1.56. The molecule has 4 rings (SSSR count). The SMILES string of the molecule is Cc1sc2ncn(CCC(=O)NC3CCN(C(C)c4ccccc4)CC3)c(=O)c2c1C. The number of nitrogens with one attached hydrogen (secondary N) is 1. The molecule has 1 aromatic carbocycles. The van der Waals surface area contributed by atoms with Crippen LogP contribution in [0, 0.1) is 13.8 Å². The molecule has 7 heteroatoms. The molecule has 3 aromatic rings. The van der Waals surface area contributed by atoms with Gasteiger partial charge in [-0.05, 0) is 44.7 Å². The molecule has 164 valence electrons. The number of nitrogens with zero attached hydrogens (tertiary/aromatic N) is 3. The van der Waals surface area contributed by atoms with Gasteiger partial charge in [0.1, 0.15) is 4.83 Å². The molecule has 1 amide bonds. The molecule has 0 aliphatic carbocycles. The highest BCUT2D eigenvalue weighted by molar-refractivity contribution is 7.18. The van der Waals surface area contributed by atoms with Crippen LogP contribution in [0.5, 0.6) is 0 Å². The molecule has 6 nitrogen and oxygen atoms in total. The van der Waals surface area contributed by atoms with Gasteiger partial charge in [-0.2, -0.15) is 0 Å². The summed E-state index contributed by atoms with van der Waals surface area (Å²) in [4.78, 5) is 34.1. The Morgan fingerprint density at radius 1 is 1.23 bits per heavy atom. The molecule has 1 saturated heterocycles. The number of carbonyl (C=O) groups excluding carboxylic acids is 1. The van der Waals surface area contributed by atoms with Gasteiger partial charge in [0.15, 0.2) is 0 Å². The Labute approximate surface area is 186 Å². The van der Waals surface area contributed by atoms with Crippen molar-refractivity contribution in [2.75, 3.05) is 13.1 Å². The van der Waals surface area contributed by atoms with E-state index in [4.69, 9.17) is 0 Å². The molecule has 1 atom stereocenters. The lowest BCUT2D eigenvalue weighted by Gasteiger charge is -2.36. The molecule has 1 N–H and O–H groups in total. The van der Waals surface area contributed by atoms with Crippen molar-refractivity contribution in [3.8, 4) is 0 Å². The average Bonchev–Trinajstić information content (AvgIpc) is 3.08. The third-order valence-electron chi connectivity index (χ3n) is 6.46. The lowest BCUT2D eigenvalue weighted by molar-refractivity contribution is -0.122. The minimum atomic E-state index is -0.0529. The van der Waals surface area contributed by atoms with Crippen LogP contribution in [0.1, 0.15) is 48.2 Å². The summed E-state index contributed by atoms with van der Waals surface area (Å²) in [5.74, 6) is -0.000208. The summed E-state index contributed by atoms with van der Waals surface area (Å²) in [7, 11) is 0.